The van der Waals surface area contributed by atoms with Gasteiger partial charge in [-0.05, 0) is 70.2 Å². The highest BCUT2D eigenvalue weighted by atomic mass is 32.2. The van der Waals surface area contributed by atoms with Gasteiger partial charge in [0.25, 0.3) is 0 Å². The van der Waals surface area contributed by atoms with Crippen LogP contribution < -0.4 is 0 Å². The molecule has 1 atom stereocenters. The predicted octanol–water partition coefficient (Wildman–Crippen LogP) is 3.15. The van der Waals surface area contributed by atoms with Crippen LogP contribution in [-0.4, -0.2) is 83.5 Å². The van der Waals surface area contributed by atoms with Crippen LogP contribution in [0.4, 0.5) is 0 Å². The number of benzene rings is 1. The second-order valence-corrected chi connectivity index (χ2v) is 9.23. The number of hydrogen-bond acceptors (Lipinski definition) is 5. The lowest BCUT2D eigenvalue weighted by Gasteiger charge is -2.48. The minimum Gasteiger partial charge on any atom is -0.396 e. The number of aliphatic hydroxyl groups excluding tert-OH is 1. The van der Waals surface area contributed by atoms with E-state index >= 15 is 0 Å². The molecule has 4 nitrogen and oxygen atoms in total. The van der Waals surface area contributed by atoms with Gasteiger partial charge in [-0.1, -0.05) is 12.1 Å². The summed E-state index contributed by atoms with van der Waals surface area (Å²) in [5.41, 5.74) is 1.41. The average Bonchev–Trinajstić information content (AvgIpc) is 2.69. The maximum atomic E-state index is 9.64. The Kier molecular flexibility index (Phi) is 8.03. The van der Waals surface area contributed by atoms with Crippen molar-refractivity contribution in [2.75, 3.05) is 45.6 Å². The van der Waals surface area contributed by atoms with Gasteiger partial charge >= 0.3 is 0 Å². The molecule has 152 valence electrons. The van der Waals surface area contributed by atoms with Crippen molar-refractivity contribution in [1.29, 1.82) is 0 Å². The highest BCUT2D eigenvalue weighted by molar-refractivity contribution is 7.98. The minimum absolute atomic E-state index is 0.293. The van der Waals surface area contributed by atoms with E-state index in [1.807, 2.05) is 11.8 Å². The largest absolute Gasteiger partial charge is 0.396 e. The fourth-order valence-electron chi connectivity index (χ4n) is 4.73. The number of hydrogen-bond donors (Lipinski definition) is 1. The first-order valence-electron chi connectivity index (χ1n) is 10.6. The fourth-order valence-corrected chi connectivity index (χ4v) is 5.21. The summed E-state index contributed by atoms with van der Waals surface area (Å²) in [5, 5.41) is 9.64. The topological polar surface area (TPSA) is 30.0 Å². The molecule has 5 heteroatoms. The minimum atomic E-state index is 0.293. The number of rotatable bonds is 7. The van der Waals surface area contributed by atoms with Crippen molar-refractivity contribution in [3.63, 3.8) is 0 Å². The Morgan fingerprint density at radius 2 is 1.93 bits per heavy atom. The van der Waals surface area contributed by atoms with Crippen molar-refractivity contribution in [2.45, 2.75) is 62.7 Å². The fraction of sp³-hybridized carbons (Fsp3) is 0.727. The first kappa shape index (κ1) is 21.1. The van der Waals surface area contributed by atoms with Crippen molar-refractivity contribution in [3.8, 4) is 0 Å². The van der Waals surface area contributed by atoms with Gasteiger partial charge in [0.2, 0.25) is 0 Å². The number of piperidine rings is 1. The summed E-state index contributed by atoms with van der Waals surface area (Å²) >= 11 is 1.81. The number of thioether (sulfide) groups is 1. The van der Waals surface area contributed by atoms with Crippen LogP contribution in [0.15, 0.2) is 29.2 Å². The second kappa shape index (κ2) is 10.3. The molecule has 2 aliphatic heterocycles. The molecule has 2 heterocycles. The molecule has 27 heavy (non-hydrogen) atoms. The Morgan fingerprint density at radius 1 is 1.15 bits per heavy atom. The van der Waals surface area contributed by atoms with Crippen LogP contribution in [0.25, 0.3) is 0 Å². The summed E-state index contributed by atoms with van der Waals surface area (Å²) in [6, 6.07) is 10.8. The predicted molar refractivity (Wildman–Crippen MR) is 115 cm³/mol. The first-order valence-corrected chi connectivity index (χ1v) is 11.8. The third-order valence-electron chi connectivity index (χ3n) is 6.31. The van der Waals surface area contributed by atoms with Crippen LogP contribution in [-0.2, 0) is 6.54 Å². The van der Waals surface area contributed by atoms with Crippen LogP contribution >= 0.6 is 11.8 Å². The smallest absolute Gasteiger partial charge is 0.0446 e. The van der Waals surface area contributed by atoms with Gasteiger partial charge in [0.15, 0.2) is 0 Å². The summed E-state index contributed by atoms with van der Waals surface area (Å²) in [4.78, 5) is 9.25. The summed E-state index contributed by atoms with van der Waals surface area (Å²) in [6.45, 7) is 11.7. The zero-order valence-corrected chi connectivity index (χ0v) is 18.1. The molecule has 0 saturated carbocycles. The molecule has 1 N–H and O–H groups in total. The molecular weight excluding hydrogens is 354 g/mol. The molecule has 0 aromatic heterocycles. The molecule has 0 amide bonds. The second-order valence-electron chi connectivity index (χ2n) is 8.35. The van der Waals surface area contributed by atoms with Crippen LogP contribution in [0, 0.1) is 0 Å². The Morgan fingerprint density at radius 3 is 2.59 bits per heavy atom. The first-order chi connectivity index (χ1) is 13.1. The van der Waals surface area contributed by atoms with E-state index in [4.69, 9.17) is 0 Å². The zero-order valence-electron chi connectivity index (χ0n) is 17.3. The Labute approximate surface area is 169 Å². The van der Waals surface area contributed by atoms with E-state index in [0.29, 0.717) is 24.7 Å². The van der Waals surface area contributed by atoms with E-state index in [-0.39, 0.29) is 0 Å². The van der Waals surface area contributed by atoms with Gasteiger partial charge < -0.3 is 10.0 Å². The van der Waals surface area contributed by atoms with Gasteiger partial charge in [-0.3, -0.25) is 9.80 Å². The van der Waals surface area contributed by atoms with Crippen molar-refractivity contribution < 1.29 is 5.11 Å². The number of piperazine rings is 1. The molecule has 0 radical (unpaired) electrons. The number of nitrogens with zero attached hydrogens (tertiary/aromatic N) is 3. The van der Waals surface area contributed by atoms with Crippen LogP contribution in [0.5, 0.6) is 0 Å². The van der Waals surface area contributed by atoms with Crippen molar-refractivity contribution in [1.82, 2.24) is 14.7 Å². The summed E-state index contributed by atoms with van der Waals surface area (Å²) in [6.07, 6.45) is 5.58. The summed E-state index contributed by atoms with van der Waals surface area (Å²) in [5.74, 6) is 0. The quantitative estimate of drug-likeness (QED) is 0.722. The van der Waals surface area contributed by atoms with Crippen molar-refractivity contribution >= 4 is 11.8 Å². The van der Waals surface area contributed by atoms with Crippen LogP contribution in [0.3, 0.4) is 0 Å². The lowest BCUT2D eigenvalue weighted by atomic mass is 9.97. The molecule has 3 rings (SSSR count). The molecule has 1 aromatic rings. The third kappa shape index (κ3) is 5.70. The number of aliphatic hydroxyl groups is 1. The zero-order chi connectivity index (χ0) is 19.2. The molecule has 0 spiro atoms. The molecule has 0 aliphatic carbocycles. The summed E-state index contributed by atoms with van der Waals surface area (Å²) < 4.78 is 0. The van der Waals surface area contributed by atoms with E-state index < -0.39 is 0 Å². The Hall–Kier alpha value is -0.590. The molecule has 2 fully saturated rings. The number of likely N-dealkylation sites (tertiary alicyclic amines) is 1. The van der Waals surface area contributed by atoms with E-state index in [1.165, 1.54) is 36.4 Å². The monoisotopic (exact) mass is 391 g/mol. The van der Waals surface area contributed by atoms with Gasteiger partial charge in [0.1, 0.15) is 0 Å². The normalized spacial score (nSPS) is 24.0. The third-order valence-corrected chi connectivity index (χ3v) is 7.04. The molecule has 2 saturated heterocycles. The van der Waals surface area contributed by atoms with E-state index in [9.17, 15) is 5.11 Å². The van der Waals surface area contributed by atoms with E-state index in [1.54, 1.807) is 0 Å². The van der Waals surface area contributed by atoms with Gasteiger partial charge in [0.05, 0.1) is 0 Å². The van der Waals surface area contributed by atoms with Gasteiger partial charge in [-0.25, -0.2) is 0 Å². The molecular formula is C22H37N3OS. The molecule has 0 unspecified atom stereocenters. The van der Waals surface area contributed by atoms with Crippen LogP contribution in [0.2, 0.25) is 0 Å². The molecule has 2 aliphatic rings. The van der Waals surface area contributed by atoms with Crippen molar-refractivity contribution in [2.24, 2.45) is 0 Å². The van der Waals surface area contributed by atoms with E-state index in [0.717, 1.165) is 32.6 Å². The maximum absolute atomic E-state index is 9.64. The van der Waals surface area contributed by atoms with Crippen LogP contribution in [0.1, 0.15) is 38.7 Å². The molecule has 0 bridgehead atoms. The van der Waals surface area contributed by atoms with Crippen molar-refractivity contribution in [3.05, 3.63) is 29.8 Å². The Bertz CT molecular complexity index is 574. The average molecular weight is 392 g/mol. The van der Waals surface area contributed by atoms with Gasteiger partial charge in [0, 0.05) is 55.8 Å². The lowest BCUT2D eigenvalue weighted by Crippen LogP contribution is -2.58. The highest BCUT2D eigenvalue weighted by Crippen LogP contribution is 2.25. The molecule has 1 aromatic carbocycles. The maximum Gasteiger partial charge on any atom is 0.0446 e. The summed E-state index contributed by atoms with van der Waals surface area (Å²) in [7, 11) is 0. The van der Waals surface area contributed by atoms with Gasteiger partial charge in [-0.15, -0.1) is 11.8 Å². The SMILES string of the molecule is CSc1cccc(CN2CCN(C3CCN(C(C)C)CC3)[C@H](CCO)C2)c1. The highest BCUT2D eigenvalue weighted by Gasteiger charge is 2.33. The van der Waals surface area contributed by atoms with Gasteiger partial charge in [-0.2, -0.15) is 0 Å². The Balaban J connectivity index is 1.58. The van der Waals surface area contributed by atoms with E-state index in [2.05, 4.69) is 59.1 Å². The lowest BCUT2D eigenvalue weighted by molar-refractivity contribution is -0.0000431. The standard InChI is InChI=1S/C22H37N3OS/c1-18(2)24-10-7-20(8-11-24)25-13-12-23(17-21(25)9-14-26)16-19-5-4-6-22(15-19)27-3/h4-6,15,18,20-21,26H,7-14,16-17H2,1-3H3/t21-/m1/s1.